The number of benzene rings is 1. The van der Waals surface area contributed by atoms with Gasteiger partial charge >= 0.3 is 0 Å². The largest absolute Gasteiger partial charge is 0.370 e. The molecule has 1 unspecified atom stereocenters. The Morgan fingerprint density at radius 2 is 2.00 bits per heavy atom. The number of nitrogens with zero attached hydrogens (tertiary/aromatic N) is 1. The zero-order valence-corrected chi connectivity index (χ0v) is 12.4. The minimum Gasteiger partial charge on any atom is -0.370 e. The molecule has 0 spiro atoms. The fourth-order valence-corrected chi connectivity index (χ4v) is 2.54. The maximum absolute atomic E-state index is 12.2. The molecule has 4 heteroatoms. The van der Waals surface area contributed by atoms with E-state index in [1.807, 2.05) is 25.1 Å². The van der Waals surface area contributed by atoms with Gasteiger partial charge in [0.2, 0.25) is 5.91 Å². The molecule has 1 aliphatic rings. The zero-order valence-electron chi connectivity index (χ0n) is 12.4. The van der Waals surface area contributed by atoms with Gasteiger partial charge in [0.15, 0.2) is 0 Å². The standard InChI is InChI=1S/C16H25N3O/c1-3-12(2)15(17)16(20)18-13-8-4-5-9-14(13)19-10-6-7-11-19/h4-5,8-9,12,15H,3,6-7,10-11,17H2,1-2H3,(H,18,20)/t12?,15-/m0/s1. The van der Waals surface area contributed by atoms with Gasteiger partial charge in [-0.15, -0.1) is 0 Å². The number of nitrogens with two attached hydrogens (primary N) is 1. The van der Waals surface area contributed by atoms with E-state index in [1.54, 1.807) is 0 Å². The van der Waals surface area contributed by atoms with Crippen molar-refractivity contribution in [3.05, 3.63) is 24.3 Å². The molecule has 1 heterocycles. The molecule has 0 saturated carbocycles. The van der Waals surface area contributed by atoms with Crippen molar-refractivity contribution >= 4 is 17.3 Å². The van der Waals surface area contributed by atoms with E-state index in [1.165, 1.54) is 12.8 Å². The van der Waals surface area contributed by atoms with Crippen LogP contribution in [0.25, 0.3) is 0 Å². The summed E-state index contributed by atoms with van der Waals surface area (Å²) in [6.45, 7) is 6.18. The van der Waals surface area contributed by atoms with E-state index in [2.05, 4.69) is 23.2 Å². The first-order valence-electron chi connectivity index (χ1n) is 7.54. The van der Waals surface area contributed by atoms with Crippen molar-refractivity contribution in [2.45, 2.75) is 39.2 Å². The summed E-state index contributed by atoms with van der Waals surface area (Å²) in [6, 6.07) is 7.53. The highest BCUT2D eigenvalue weighted by Gasteiger charge is 2.21. The Morgan fingerprint density at radius 1 is 1.35 bits per heavy atom. The van der Waals surface area contributed by atoms with Crippen molar-refractivity contribution in [3.8, 4) is 0 Å². The molecule has 1 aromatic rings. The predicted molar refractivity (Wildman–Crippen MR) is 83.9 cm³/mol. The van der Waals surface area contributed by atoms with E-state index < -0.39 is 6.04 Å². The van der Waals surface area contributed by atoms with Crippen LogP contribution in [-0.2, 0) is 4.79 Å². The van der Waals surface area contributed by atoms with Crippen LogP contribution in [-0.4, -0.2) is 25.0 Å². The highest BCUT2D eigenvalue weighted by molar-refractivity contribution is 5.97. The third-order valence-corrected chi connectivity index (χ3v) is 4.17. The number of rotatable bonds is 5. The third kappa shape index (κ3) is 3.31. The summed E-state index contributed by atoms with van der Waals surface area (Å²) in [7, 11) is 0. The fourth-order valence-electron chi connectivity index (χ4n) is 2.54. The van der Waals surface area contributed by atoms with Crippen LogP contribution in [0.4, 0.5) is 11.4 Å². The van der Waals surface area contributed by atoms with Crippen LogP contribution in [0.1, 0.15) is 33.1 Å². The number of para-hydroxylation sites is 2. The number of anilines is 2. The highest BCUT2D eigenvalue weighted by Crippen LogP contribution is 2.28. The lowest BCUT2D eigenvalue weighted by atomic mass is 9.99. The van der Waals surface area contributed by atoms with Crippen LogP contribution in [0.5, 0.6) is 0 Å². The zero-order chi connectivity index (χ0) is 14.5. The third-order valence-electron chi connectivity index (χ3n) is 4.17. The van der Waals surface area contributed by atoms with Crippen molar-refractivity contribution in [2.75, 3.05) is 23.3 Å². The predicted octanol–water partition coefficient (Wildman–Crippen LogP) is 2.60. The van der Waals surface area contributed by atoms with Gasteiger partial charge in [0.05, 0.1) is 17.4 Å². The van der Waals surface area contributed by atoms with Crippen molar-refractivity contribution in [3.63, 3.8) is 0 Å². The summed E-state index contributed by atoms with van der Waals surface area (Å²) in [4.78, 5) is 14.5. The molecule has 2 rings (SSSR count). The second kappa shape index (κ2) is 6.75. The molecule has 0 aliphatic carbocycles. The summed E-state index contributed by atoms with van der Waals surface area (Å²) >= 11 is 0. The van der Waals surface area contributed by atoms with E-state index in [-0.39, 0.29) is 11.8 Å². The van der Waals surface area contributed by atoms with Gasteiger partial charge in [-0.25, -0.2) is 0 Å². The first-order chi connectivity index (χ1) is 9.63. The second-order valence-corrected chi connectivity index (χ2v) is 5.61. The van der Waals surface area contributed by atoms with E-state index >= 15 is 0 Å². The van der Waals surface area contributed by atoms with Crippen molar-refractivity contribution in [1.29, 1.82) is 0 Å². The number of carbonyl (C=O) groups excluding carboxylic acids is 1. The topological polar surface area (TPSA) is 58.4 Å². The Kier molecular flexibility index (Phi) is 5.01. The van der Waals surface area contributed by atoms with Gasteiger partial charge in [-0.05, 0) is 30.9 Å². The molecule has 1 fully saturated rings. The first-order valence-corrected chi connectivity index (χ1v) is 7.54. The number of hydrogen-bond donors (Lipinski definition) is 2. The number of nitrogens with one attached hydrogen (secondary N) is 1. The van der Waals surface area contributed by atoms with Crippen LogP contribution >= 0.6 is 0 Å². The van der Waals surface area contributed by atoms with Crippen LogP contribution in [0, 0.1) is 5.92 Å². The van der Waals surface area contributed by atoms with Gasteiger partial charge in [0.1, 0.15) is 0 Å². The lowest BCUT2D eigenvalue weighted by Crippen LogP contribution is -2.40. The van der Waals surface area contributed by atoms with E-state index in [9.17, 15) is 4.79 Å². The van der Waals surface area contributed by atoms with Gasteiger partial charge in [-0.1, -0.05) is 32.4 Å². The molecule has 0 aromatic heterocycles. The van der Waals surface area contributed by atoms with Crippen molar-refractivity contribution in [2.24, 2.45) is 11.7 Å². The molecule has 110 valence electrons. The Labute approximate surface area is 121 Å². The van der Waals surface area contributed by atoms with Gasteiger partial charge in [-0.3, -0.25) is 4.79 Å². The Hall–Kier alpha value is -1.55. The number of carbonyl (C=O) groups is 1. The van der Waals surface area contributed by atoms with Crippen molar-refractivity contribution in [1.82, 2.24) is 0 Å². The number of hydrogen-bond acceptors (Lipinski definition) is 3. The minimum atomic E-state index is -0.452. The Bertz CT molecular complexity index is 455. The quantitative estimate of drug-likeness (QED) is 0.868. The van der Waals surface area contributed by atoms with E-state index in [4.69, 9.17) is 5.73 Å². The maximum Gasteiger partial charge on any atom is 0.241 e. The Morgan fingerprint density at radius 3 is 2.65 bits per heavy atom. The molecule has 1 aliphatic heterocycles. The van der Waals surface area contributed by atoms with Crippen LogP contribution in [0.3, 0.4) is 0 Å². The first kappa shape index (κ1) is 14.9. The molecule has 0 radical (unpaired) electrons. The second-order valence-electron chi connectivity index (χ2n) is 5.61. The lowest BCUT2D eigenvalue weighted by Gasteiger charge is -2.23. The molecule has 20 heavy (non-hydrogen) atoms. The molecule has 1 saturated heterocycles. The fraction of sp³-hybridized carbons (Fsp3) is 0.562. The molecule has 1 amide bonds. The van der Waals surface area contributed by atoms with Crippen LogP contribution in [0.2, 0.25) is 0 Å². The Balaban J connectivity index is 2.11. The molecule has 1 aromatic carbocycles. The van der Waals surface area contributed by atoms with E-state index in [0.29, 0.717) is 0 Å². The average Bonchev–Trinajstić information content (AvgIpc) is 3.00. The van der Waals surface area contributed by atoms with Crippen LogP contribution < -0.4 is 16.0 Å². The average molecular weight is 275 g/mol. The molecule has 2 atom stereocenters. The van der Waals surface area contributed by atoms with Gasteiger partial charge in [0, 0.05) is 13.1 Å². The maximum atomic E-state index is 12.2. The molecule has 4 nitrogen and oxygen atoms in total. The summed E-state index contributed by atoms with van der Waals surface area (Å²) < 4.78 is 0. The minimum absolute atomic E-state index is 0.0917. The summed E-state index contributed by atoms with van der Waals surface area (Å²) in [5, 5.41) is 3.00. The molecule has 3 N–H and O–H groups in total. The summed E-state index contributed by atoms with van der Waals surface area (Å²) in [5.41, 5.74) is 7.98. The normalized spacial score (nSPS) is 17.9. The van der Waals surface area contributed by atoms with Gasteiger partial charge in [-0.2, -0.15) is 0 Å². The highest BCUT2D eigenvalue weighted by atomic mass is 16.2. The van der Waals surface area contributed by atoms with Gasteiger partial charge in [0.25, 0.3) is 0 Å². The van der Waals surface area contributed by atoms with Gasteiger partial charge < -0.3 is 16.0 Å². The lowest BCUT2D eigenvalue weighted by molar-refractivity contribution is -0.118. The smallest absolute Gasteiger partial charge is 0.241 e. The molecule has 0 bridgehead atoms. The molecular weight excluding hydrogens is 250 g/mol. The number of amides is 1. The summed E-state index contributed by atoms with van der Waals surface area (Å²) in [6.07, 6.45) is 3.34. The van der Waals surface area contributed by atoms with E-state index in [0.717, 1.165) is 30.9 Å². The SMILES string of the molecule is CCC(C)[C@H](N)C(=O)Nc1ccccc1N1CCCC1. The molecular formula is C16H25N3O. The monoisotopic (exact) mass is 275 g/mol. The van der Waals surface area contributed by atoms with Crippen LogP contribution in [0.15, 0.2) is 24.3 Å². The summed E-state index contributed by atoms with van der Waals surface area (Å²) in [5.74, 6) is 0.0972. The van der Waals surface area contributed by atoms with Crippen molar-refractivity contribution < 1.29 is 4.79 Å².